The molecule has 0 bridgehead atoms. The SMILES string of the molecule is CC(C)C(N)C(=O)NC(Cc1ccccc1)C(=O)NC(CC(=O)O)C(=O)NCC(=O)O. The number of carbonyl (C=O) groups is 5. The molecule has 0 saturated carbocycles. The summed E-state index contributed by atoms with van der Waals surface area (Å²) < 4.78 is 0. The third-order valence-corrected chi connectivity index (χ3v) is 4.36. The van der Waals surface area contributed by atoms with Crippen LogP contribution in [0, 0.1) is 5.92 Å². The zero-order valence-corrected chi connectivity index (χ0v) is 17.3. The summed E-state index contributed by atoms with van der Waals surface area (Å²) in [5.41, 5.74) is 6.56. The summed E-state index contributed by atoms with van der Waals surface area (Å²) in [4.78, 5) is 59.2. The Labute approximate surface area is 179 Å². The van der Waals surface area contributed by atoms with Crippen LogP contribution in [0.1, 0.15) is 25.8 Å². The maximum Gasteiger partial charge on any atom is 0.322 e. The standard InChI is InChI=1S/C20H28N4O7/c1-11(2)17(21)20(31)24-13(8-12-6-4-3-5-7-12)19(30)23-14(9-15(25)26)18(29)22-10-16(27)28/h3-7,11,13-14,17H,8-10,21H2,1-2H3,(H,22,29)(H,23,30)(H,24,31)(H,25,26)(H,27,28). The first-order valence-electron chi connectivity index (χ1n) is 9.62. The summed E-state index contributed by atoms with van der Waals surface area (Å²) >= 11 is 0. The molecule has 0 aliphatic carbocycles. The van der Waals surface area contributed by atoms with E-state index in [-0.39, 0.29) is 12.3 Å². The first-order valence-corrected chi connectivity index (χ1v) is 9.62. The second-order valence-electron chi connectivity index (χ2n) is 7.29. The van der Waals surface area contributed by atoms with Crippen LogP contribution in [-0.2, 0) is 30.4 Å². The van der Waals surface area contributed by atoms with Crippen molar-refractivity contribution in [2.75, 3.05) is 6.54 Å². The van der Waals surface area contributed by atoms with Crippen molar-refractivity contribution in [2.24, 2.45) is 11.7 Å². The fourth-order valence-electron chi connectivity index (χ4n) is 2.57. The van der Waals surface area contributed by atoms with Gasteiger partial charge < -0.3 is 31.9 Å². The zero-order chi connectivity index (χ0) is 23.6. The summed E-state index contributed by atoms with van der Waals surface area (Å²) in [6, 6.07) is 5.21. The molecule has 7 N–H and O–H groups in total. The summed E-state index contributed by atoms with van der Waals surface area (Å²) in [5.74, 6) is -5.24. The Bertz CT molecular complexity index is 798. The van der Waals surface area contributed by atoms with Gasteiger partial charge in [-0.05, 0) is 11.5 Å². The minimum atomic E-state index is -1.53. The van der Waals surface area contributed by atoms with Gasteiger partial charge in [0, 0.05) is 6.42 Å². The van der Waals surface area contributed by atoms with Crippen molar-refractivity contribution < 1.29 is 34.2 Å². The molecule has 3 atom stereocenters. The van der Waals surface area contributed by atoms with Gasteiger partial charge in [0.2, 0.25) is 17.7 Å². The van der Waals surface area contributed by atoms with Gasteiger partial charge in [-0.25, -0.2) is 0 Å². The fourth-order valence-corrected chi connectivity index (χ4v) is 2.57. The van der Waals surface area contributed by atoms with Crippen molar-refractivity contribution in [3.8, 4) is 0 Å². The van der Waals surface area contributed by atoms with Gasteiger partial charge in [-0.15, -0.1) is 0 Å². The average Bonchev–Trinajstić information content (AvgIpc) is 2.70. The van der Waals surface area contributed by atoms with E-state index in [2.05, 4.69) is 10.6 Å². The molecule has 1 aromatic rings. The second-order valence-corrected chi connectivity index (χ2v) is 7.29. The molecular weight excluding hydrogens is 408 g/mol. The Hall–Kier alpha value is -3.47. The van der Waals surface area contributed by atoms with Gasteiger partial charge in [-0.3, -0.25) is 24.0 Å². The molecule has 0 aliphatic rings. The van der Waals surface area contributed by atoms with Crippen LogP contribution in [0.5, 0.6) is 0 Å². The highest BCUT2D eigenvalue weighted by molar-refractivity contribution is 5.95. The molecule has 0 saturated heterocycles. The first kappa shape index (κ1) is 25.6. The van der Waals surface area contributed by atoms with E-state index in [0.29, 0.717) is 5.56 Å². The molecule has 170 valence electrons. The molecule has 3 unspecified atom stereocenters. The lowest BCUT2D eigenvalue weighted by Crippen LogP contribution is -2.57. The minimum Gasteiger partial charge on any atom is -0.481 e. The van der Waals surface area contributed by atoms with E-state index in [1.54, 1.807) is 44.2 Å². The summed E-state index contributed by atoms with van der Waals surface area (Å²) in [6.07, 6.45) is -0.700. The highest BCUT2D eigenvalue weighted by Crippen LogP contribution is 2.06. The van der Waals surface area contributed by atoms with E-state index in [1.807, 2.05) is 5.32 Å². The van der Waals surface area contributed by atoms with E-state index in [0.717, 1.165) is 0 Å². The van der Waals surface area contributed by atoms with Crippen LogP contribution < -0.4 is 21.7 Å². The Morgan fingerprint density at radius 1 is 0.871 bits per heavy atom. The quantitative estimate of drug-likeness (QED) is 0.237. The zero-order valence-electron chi connectivity index (χ0n) is 17.3. The van der Waals surface area contributed by atoms with Crippen LogP contribution >= 0.6 is 0 Å². The molecule has 0 spiro atoms. The highest BCUT2D eigenvalue weighted by Gasteiger charge is 2.30. The van der Waals surface area contributed by atoms with Crippen molar-refractivity contribution in [1.29, 1.82) is 0 Å². The second kappa shape index (κ2) is 12.3. The number of hydrogen-bond acceptors (Lipinski definition) is 6. The van der Waals surface area contributed by atoms with E-state index >= 15 is 0 Å². The molecule has 0 aromatic heterocycles. The number of carboxylic acids is 2. The molecule has 0 aliphatic heterocycles. The highest BCUT2D eigenvalue weighted by atomic mass is 16.4. The van der Waals surface area contributed by atoms with Crippen LogP contribution in [0.2, 0.25) is 0 Å². The largest absolute Gasteiger partial charge is 0.481 e. The van der Waals surface area contributed by atoms with Gasteiger partial charge in [-0.2, -0.15) is 0 Å². The van der Waals surface area contributed by atoms with Gasteiger partial charge in [0.05, 0.1) is 12.5 Å². The number of carboxylic acid groups (broad SMARTS) is 2. The molecule has 11 nitrogen and oxygen atoms in total. The van der Waals surface area contributed by atoms with Crippen molar-refractivity contribution in [3.05, 3.63) is 35.9 Å². The monoisotopic (exact) mass is 436 g/mol. The molecule has 0 heterocycles. The summed E-state index contributed by atoms with van der Waals surface area (Å²) in [7, 11) is 0. The Morgan fingerprint density at radius 3 is 1.97 bits per heavy atom. The fraction of sp³-hybridized carbons (Fsp3) is 0.450. The number of aliphatic carboxylic acids is 2. The van der Waals surface area contributed by atoms with E-state index in [9.17, 15) is 24.0 Å². The first-order chi connectivity index (χ1) is 14.5. The van der Waals surface area contributed by atoms with Gasteiger partial charge in [0.1, 0.15) is 18.6 Å². The Kier molecular flexibility index (Phi) is 10.1. The van der Waals surface area contributed by atoms with E-state index < -0.39 is 60.8 Å². The molecule has 11 heteroatoms. The minimum absolute atomic E-state index is 0.0692. The predicted molar refractivity (Wildman–Crippen MR) is 110 cm³/mol. The van der Waals surface area contributed by atoms with Crippen molar-refractivity contribution in [2.45, 2.75) is 44.8 Å². The molecule has 0 radical (unpaired) electrons. The van der Waals surface area contributed by atoms with Gasteiger partial charge >= 0.3 is 11.9 Å². The number of nitrogens with two attached hydrogens (primary N) is 1. The maximum atomic E-state index is 12.9. The third kappa shape index (κ3) is 9.26. The maximum absolute atomic E-state index is 12.9. The van der Waals surface area contributed by atoms with Gasteiger partial charge in [0.25, 0.3) is 0 Å². The van der Waals surface area contributed by atoms with Crippen LogP contribution in [-0.4, -0.2) is 64.5 Å². The van der Waals surface area contributed by atoms with Gasteiger partial charge in [0.15, 0.2) is 0 Å². The van der Waals surface area contributed by atoms with Gasteiger partial charge in [-0.1, -0.05) is 44.2 Å². The summed E-state index contributed by atoms with van der Waals surface area (Å²) in [6.45, 7) is 2.75. The van der Waals surface area contributed by atoms with Crippen LogP contribution in [0.4, 0.5) is 0 Å². The Balaban J connectivity index is 3.02. The van der Waals surface area contributed by atoms with Crippen LogP contribution in [0.15, 0.2) is 30.3 Å². The molecule has 0 fully saturated rings. The Morgan fingerprint density at radius 2 is 1.45 bits per heavy atom. The lowest BCUT2D eigenvalue weighted by Gasteiger charge is -2.24. The topological polar surface area (TPSA) is 188 Å². The van der Waals surface area contributed by atoms with Crippen LogP contribution in [0.25, 0.3) is 0 Å². The molecule has 3 amide bonds. The smallest absolute Gasteiger partial charge is 0.322 e. The van der Waals surface area contributed by atoms with Crippen molar-refractivity contribution in [1.82, 2.24) is 16.0 Å². The number of amides is 3. The molecule has 1 aromatic carbocycles. The van der Waals surface area contributed by atoms with E-state index in [1.165, 1.54) is 0 Å². The molecule has 31 heavy (non-hydrogen) atoms. The normalized spacial score (nSPS) is 13.5. The lowest BCUT2D eigenvalue weighted by molar-refractivity contribution is -0.141. The van der Waals surface area contributed by atoms with E-state index in [4.69, 9.17) is 15.9 Å². The van der Waals surface area contributed by atoms with Crippen LogP contribution in [0.3, 0.4) is 0 Å². The average molecular weight is 436 g/mol. The van der Waals surface area contributed by atoms with Crippen molar-refractivity contribution in [3.63, 3.8) is 0 Å². The third-order valence-electron chi connectivity index (χ3n) is 4.36. The number of rotatable bonds is 12. The number of hydrogen-bond donors (Lipinski definition) is 6. The lowest BCUT2D eigenvalue weighted by atomic mass is 10.0. The summed E-state index contributed by atoms with van der Waals surface area (Å²) in [5, 5.41) is 24.6. The molecule has 1 rings (SSSR count). The number of nitrogens with one attached hydrogen (secondary N) is 3. The number of benzene rings is 1. The molecular formula is C20H28N4O7. The number of carbonyl (C=O) groups excluding carboxylic acids is 3. The predicted octanol–water partition coefficient (Wildman–Crippen LogP) is -1.14. The van der Waals surface area contributed by atoms with Crippen molar-refractivity contribution >= 4 is 29.7 Å².